The summed E-state index contributed by atoms with van der Waals surface area (Å²) in [5.41, 5.74) is 10.2. The fourth-order valence-corrected chi connectivity index (χ4v) is 4.51. The molecular formula is C23H30N2. The maximum atomic E-state index is 3.48. The Hall–Kier alpha value is -1.80. The van der Waals surface area contributed by atoms with E-state index in [-0.39, 0.29) is 0 Å². The highest BCUT2D eigenvalue weighted by atomic mass is 15.1. The number of benzene rings is 1. The lowest BCUT2D eigenvalue weighted by atomic mass is 9.83. The Morgan fingerprint density at radius 3 is 2.56 bits per heavy atom. The van der Waals surface area contributed by atoms with Crippen LogP contribution in [0.1, 0.15) is 57.6 Å². The number of allylic oxidation sites excluding steroid dienone is 4. The summed E-state index contributed by atoms with van der Waals surface area (Å²) in [6.07, 6.45) is 8.53. The van der Waals surface area contributed by atoms with Crippen molar-refractivity contribution in [1.82, 2.24) is 9.88 Å². The molecule has 0 amide bonds. The summed E-state index contributed by atoms with van der Waals surface area (Å²) >= 11 is 0. The predicted octanol–water partition coefficient (Wildman–Crippen LogP) is 5.71. The molecule has 1 aliphatic carbocycles. The van der Waals surface area contributed by atoms with E-state index in [1.165, 1.54) is 84.1 Å². The Bertz CT molecular complexity index is 844. The Balaban J connectivity index is 1.66. The van der Waals surface area contributed by atoms with Crippen LogP contribution in [0, 0.1) is 0 Å². The molecule has 2 heterocycles. The summed E-state index contributed by atoms with van der Waals surface area (Å²) in [7, 11) is 0. The number of aromatic nitrogens is 1. The largest absolute Gasteiger partial charge is 0.361 e. The van der Waals surface area contributed by atoms with E-state index in [2.05, 4.69) is 55.1 Å². The molecule has 132 valence electrons. The molecule has 2 aliphatic rings. The normalized spacial score (nSPS) is 19.5. The maximum Gasteiger partial charge on any atom is 0.0457 e. The van der Waals surface area contributed by atoms with Crippen molar-refractivity contribution >= 4 is 16.5 Å². The summed E-state index contributed by atoms with van der Waals surface area (Å²) < 4.78 is 0. The molecule has 1 aromatic carbocycles. The molecule has 0 atom stereocenters. The van der Waals surface area contributed by atoms with Crippen molar-refractivity contribution in [3.8, 4) is 0 Å². The monoisotopic (exact) mass is 334 g/mol. The van der Waals surface area contributed by atoms with Crippen molar-refractivity contribution in [1.29, 1.82) is 0 Å². The van der Waals surface area contributed by atoms with Crippen LogP contribution in [0.2, 0.25) is 0 Å². The predicted molar refractivity (Wildman–Crippen MR) is 108 cm³/mol. The SMILES string of the molecule is CC1=C(C)C(c2ccc3[nH]cc(CCN4CCCC4)c3c2)=C(C)CC1. The zero-order valence-electron chi connectivity index (χ0n) is 15.9. The van der Waals surface area contributed by atoms with Crippen LogP contribution in [-0.2, 0) is 6.42 Å². The molecular weight excluding hydrogens is 304 g/mol. The molecule has 1 N–H and O–H groups in total. The first-order valence-corrected chi connectivity index (χ1v) is 9.82. The topological polar surface area (TPSA) is 19.0 Å². The smallest absolute Gasteiger partial charge is 0.0457 e. The second kappa shape index (κ2) is 6.84. The van der Waals surface area contributed by atoms with E-state index < -0.39 is 0 Å². The first-order chi connectivity index (χ1) is 12.1. The second-order valence-electron chi connectivity index (χ2n) is 7.93. The number of aromatic amines is 1. The lowest BCUT2D eigenvalue weighted by molar-refractivity contribution is 0.344. The number of hydrogen-bond donors (Lipinski definition) is 1. The van der Waals surface area contributed by atoms with Crippen LogP contribution in [0.15, 0.2) is 41.1 Å². The average molecular weight is 335 g/mol. The van der Waals surface area contributed by atoms with Gasteiger partial charge in [-0.05, 0) is 100 Å². The number of likely N-dealkylation sites (tertiary alicyclic amines) is 1. The van der Waals surface area contributed by atoms with Gasteiger partial charge < -0.3 is 9.88 Å². The van der Waals surface area contributed by atoms with Crippen LogP contribution in [0.4, 0.5) is 0 Å². The Morgan fingerprint density at radius 1 is 1.00 bits per heavy atom. The lowest BCUT2D eigenvalue weighted by Gasteiger charge is -2.22. The van der Waals surface area contributed by atoms with Gasteiger partial charge in [-0.2, -0.15) is 0 Å². The number of hydrogen-bond acceptors (Lipinski definition) is 1. The van der Waals surface area contributed by atoms with Gasteiger partial charge in [-0.25, -0.2) is 0 Å². The summed E-state index contributed by atoms with van der Waals surface area (Å²) in [4.78, 5) is 6.08. The molecule has 1 fully saturated rings. The molecule has 1 aliphatic heterocycles. The highest BCUT2D eigenvalue weighted by molar-refractivity contribution is 5.91. The van der Waals surface area contributed by atoms with Crippen molar-refractivity contribution in [2.24, 2.45) is 0 Å². The van der Waals surface area contributed by atoms with E-state index >= 15 is 0 Å². The van der Waals surface area contributed by atoms with Crippen LogP contribution in [0.3, 0.4) is 0 Å². The van der Waals surface area contributed by atoms with Gasteiger partial charge in [-0.1, -0.05) is 17.2 Å². The third kappa shape index (κ3) is 3.20. The standard InChI is InChI=1S/C23H30N2/c1-16-6-7-17(2)23(18(16)3)19-8-9-22-21(14-19)20(15-24-22)10-13-25-11-4-5-12-25/h8-9,14-15,24H,4-7,10-13H2,1-3H3. The van der Waals surface area contributed by atoms with Crippen molar-refractivity contribution in [2.45, 2.75) is 52.9 Å². The summed E-state index contributed by atoms with van der Waals surface area (Å²) in [6.45, 7) is 10.6. The van der Waals surface area contributed by atoms with Gasteiger partial charge in [0.1, 0.15) is 0 Å². The Labute approximate surface area is 151 Å². The lowest BCUT2D eigenvalue weighted by Crippen LogP contribution is -2.21. The van der Waals surface area contributed by atoms with Gasteiger partial charge in [-0.3, -0.25) is 0 Å². The van der Waals surface area contributed by atoms with E-state index in [4.69, 9.17) is 0 Å². The number of H-pyrrole nitrogens is 1. The minimum absolute atomic E-state index is 1.15. The van der Waals surface area contributed by atoms with E-state index in [0.29, 0.717) is 0 Å². The van der Waals surface area contributed by atoms with Gasteiger partial charge in [0.25, 0.3) is 0 Å². The molecule has 0 saturated carbocycles. The van der Waals surface area contributed by atoms with Crippen LogP contribution >= 0.6 is 0 Å². The summed E-state index contributed by atoms with van der Waals surface area (Å²) in [6, 6.07) is 6.98. The molecule has 1 aromatic heterocycles. The quantitative estimate of drug-likeness (QED) is 0.759. The molecule has 0 radical (unpaired) electrons. The molecule has 2 aromatic rings. The van der Waals surface area contributed by atoms with Gasteiger partial charge >= 0.3 is 0 Å². The van der Waals surface area contributed by atoms with Crippen molar-refractivity contribution in [3.63, 3.8) is 0 Å². The molecule has 4 rings (SSSR count). The van der Waals surface area contributed by atoms with Gasteiger partial charge in [0.2, 0.25) is 0 Å². The molecule has 0 spiro atoms. The first kappa shape index (κ1) is 16.7. The highest BCUT2D eigenvalue weighted by Gasteiger charge is 2.17. The van der Waals surface area contributed by atoms with Crippen LogP contribution in [0.5, 0.6) is 0 Å². The first-order valence-electron chi connectivity index (χ1n) is 9.82. The Morgan fingerprint density at radius 2 is 1.76 bits per heavy atom. The van der Waals surface area contributed by atoms with E-state index in [0.717, 1.165) is 6.42 Å². The minimum atomic E-state index is 1.15. The minimum Gasteiger partial charge on any atom is -0.361 e. The van der Waals surface area contributed by atoms with Gasteiger partial charge in [0, 0.05) is 23.6 Å². The van der Waals surface area contributed by atoms with E-state index in [1.54, 1.807) is 5.57 Å². The third-order valence-corrected chi connectivity index (χ3v) is 6.27. The maximum absolute atomic E-state index is 3.48. The van der Waals surface area contributed by atoms with E-state index in [9.17, 15) is 0 Å². The van der Waals surface area contributed by atoms with Gasteiger partial charge in [0.05, 0.1) is 0 Å². The zero-order chi connectivity index (χ0) is 17.4. The van der Waals surface area contributed by atoms with Gasteiger partial charge in [0.15, 0.2) is 0 Å². The molecule has 0 bridgehead atoms. The molecule has 2 nitrogen and oxygen atoms in total. The number of nitrogens with one attached hydrogen (secondary N) is 1. The van der Waals surface area contributed by atoms with Crippen LogP contribution in [-0.4, -0.2) is 29.5 Å². The van der Waals surface area contributed by atoms with Gasteiger partial charge in [-0.15, -0.1) is 0 Å². The third-order valence-electron chi connectivity index (χ3n) is 6.27. The summed E-state index contributed by atoms with van der Waals surface area (Å²) in [5.74, 6) is 0. The molecule has 25 heavy (non-hydrogen) atoms. The van der Waals surface area contributed by atoms with Crippen molar-refractivity contribution < 1.29 is 0 Å². The summed E-state index contributed by atoms with van der Waals surface area (Å²) in [5, 5.41) is 1.41. The number of fused-ring (bicyclic) bond motifs is 1. The fourth-order valence-electron chi connectivity index (χ4n) is 4.51. The average Bonchev–Trinajstić information content (AvgIpc) is 3.26. The number of nitrogens with zero attached hydrogens (tertiary/aromatic N) is 1. The molecule has 1 saturated heterocycles. The Kier molecular flexibility index (Phi) is 4.56. The second-order valence-corrected chi connectivity index (χ2v) is 7.93. The van der Waals surface area contributed by atoms with Crippen LogP contribution in [0.25, 0.3) is 16.5 Å². The molecule has 0 unspecified atom stereocenters. The fraction of sp³-hybridized carbons (Fsp3) is 0.478. The zero-order valence-corrected chi connectivity index (χ0v) is 15.9. The van der Waals surface area contributed by atoms with Crippen molar-refractivity contribution in [2.75, 3.05) is 19.6 Å². The number of rotatable bonds is 4. The van der Waals surface area contributed by atoms with E-state index in [1.807, 2.05) is 0 Å². The van der Waals surface area contributed by atoms with Crippen molar-refractivity contribution in [3.05, 3.63) is 52.2 Å². The highest BCUT2D eigenvalue weighted by Crippen LogP contribution is 2.37. The van der Waals surface area contributed by atoms with Crippen LogP contribution < -0.4 is 0 Å². The molecule has 2 heteroatoms.